The SMILES string of the molecule is Cc1ccc(O)c(-c2cc(-c3ccc(OC(C)C)cc3)cc(NC(C)C)n2)c1. The second kappa shape index (κ2) is 8.34. The summed E-state index contributed by atoms with van der Waals surface area (Å²) < 4.78 is 5.75. The molecule has 28 heavy (non-hydrogen) atoms. The predicted molar refractivity (Wildman–Crippen MR) is 116 cm³/mol. The van der Waals surface area contributed by atoms with E-state index in [2.05, 4.69) is 19.2 Å². The summed E-state index contributed by atoms with van der Waals surface area (Å²) in [5, 5.41) is 13.7. The van der Waals surface area contributed by atoms with Gasteiger partial charge in [0, 0.05) is 11.6 Å². The highest BCUT2D eigenvalue weighted by atomic mass is 16.5. The third kappa shape index (κ3) is 4.83. The molecule has 3 rings (SSSR count). The second-order valence-electron chi connectivity index (χ2n) is 7.64. The number of hydrogen-bond acceptors (Lipinski definition) is 4. The standard InChI is InChI=1S/C24H28N2O2/c1-15(2)25-24-14-19(18-7-9-20(10-8-18)28-16(3)4)13-22(26-24)21-12-17(5)6-11-23(21)27/h6-16,27H,1-5H3,(H,25,26). The third-order valence-corrected chi connectivity index (χ3v) is 4.25. The van der Waals surface area contributed by atoms with Gasteiger partial charge >= 0.3 is 0 Å². The Morgan fingerprint density at radius 3 is 2.25 bits per heavy atom. The first-order valence-corrected chi connectivity index (χ1v) is 9.67. The number of benzene rings is 2. The Hall–Kier alpha value is -3.01. The first-order chi connectivity index (χ1) is 13.3. The van der Waals surface area contributed by atoms with Gasteiger partial charge in [-0.15, -0.1) is 0 Å². The van der Waals surface area contributed by atoms with E-state index < -0.39 is 0 Å². The Bertz CT molecular complexity index is 947. The first-order valence-electron chi connectivity index (χ1n) is 9.67. The Kier molecular flexibility index (Phi) is 5.88. The van der Waals surface area contributed by atoms with Gasteiger partial charge in [-0.1, -0.05) is 23.8 Å². The van der Waals surface area contributed by atoms with Crippen LogP contribution in [0.4, 0.5) is 5.82 Å². The molecular weight excluding hydrogens is 348 g/mol. The van der Waals surface area contributed by atoms with Crippen LogP contribution in [0, 0.1) is 6.92 Å². The zero-order valence-corrected chi connectivity index (χ0v) is 17.2. The van der Waals surface area contributed by atoms with Crippen molar-refractivity contribution >= 4 is 5.82 Å². The molecule has 146 valence electrons. The molecule has 0 spiro atoms. The lowest BCUT2D eigenvalue weighted by molar-refractivity contribution is 0.242. The Labute approximate surface area is 167 Å². The van der Waals surface area contributed by atoms with Crippen LogP contribution in [0.15, 0.2) is 54.6 Å². The zero-order valence-electron chi connectivity index (χ0n) is 17.2. The fourth-order valence-electron chi connectivity index (χ4n) is 3.06. The number of rotatable bonds is 6. The summed E-state index contributed by atoms with van der Waals surface area (Å²) in [6, 6.07) is 17.9. The van der Waals surface area contributed by atoms with Gasteiger partial charge in [0.1, 0.15) is 17.3 Å². The summed E-state index contributed by atoms with van der Waals surface area (Å²) in [5.41, 5.74) is 4.65. The van der Waals surface area contributed by atoms with E-state index in [1.54, 1.807) is 6.07 Å². The molecule has 4 heteroatoms. The normalized spacial score (nSPS) is 11.1. The van der Waals surface area contributed by atoms with Crippen molar-refractivity contribution < 1.29 is 9.84 Å². The molecule has 0 radical (unpaired) electrons. The Morgan fingerprint density at radius 1 is 0.893 bits per heavy atom. The minimum atomic E-state index is 0.143. The smallest absolute Gasteiger partial charge is 0.127 e. The average Bonchev–Trinajstić information content (AvgIpc) is 2.63. The van der Waals surface area contributed by atoms with Crippen molar-refractivity contribution in [2.75, 3.05) is 5.32 Å². The number of anilines is 1. The quantitative estimate of drug-likeness (QED) is 0.551. The van der Waals surface area contributed by atoms with Crippen LogP contribution < -0.4 is 10.1 Å². The van der Waals surface area contributed by atoms with Gasteiger partial charge < -0.3 is 15.2 Å². The van der Waals surface area contributed by atoms with E-state index in [0.717, 1.165) is 39.5 Å². The van der Waals surface area contributed by atoms with Crippen LogP contribution in [0.1, 0.15) is 33.3 Å². The molecule has 0 saturated carbocycles. The number of aromatic nitrogens is 1. The molecule has 2 aromatic carbocycles. The number of hydrogen-bond donors (Lipinski definition) is 2. The van der Waals surface area contributed by atoms with Gasteiger partial charge in [0.05, 0.1) is 11.8 Å². The second-order valence-corrected chi connectivity index (χ2v) is 7.64. The third-order valence-electron chi connectivity index (χ3n) is 4.25. The van der Waals surface area contributed by atoms with E-state index in [9.17, 15) is 5.11 Å². The highest BCUT2D eigenvalue weighted by Crippen LogP contribution is 2.33. The number of pyridine rings is 1. The Balaban J connectivity index is 2.06. The molecule has 0 atom stereocenters. The number of ether oxygens (including phenoxy) is 1. The van der Waals surface area contributed by atoms with Crippen LogP contribution in [-0.2, 0) is 0 Å². The van der Waals surface area contributed by atoms with E-state index in [-0.39, 0.29) is 17.9 Å². The number of aryl methyl sites for hydroxylation is 1. The number of phenolic OH excluding ortho intramolecular Hbond substituents is 1. The molecule has 0 amide bonds. The molecule has 0 aliphatic rings. The van der Waals surface area contributed by atoms with Crippen molar-refractivity contribution in [2.45, 2.75) is 46.8 Å². The van der Waals surface area contributed by atoms with Gasteiger partial charge in [0.15, 0.2) is 0 Å². The monoisotopic (exact) mass is 376 g/mol. The molecule has 0 saturated heterocycles. The number of nitrogens with zero attached hydrogens (tertiary/aromatic N) is 1. The number of aromatic hydroxyl groups is 1. The van der Waals surface area contributed by atoms with Crippen molar-refractivity contribution in [1.29, 1.82) is 0 Å². The van der Waals surface area contributed by atoms with Crippen LogP contribution in [-0.4, -0.2) is 22.2 Å². The van der Waals surface area contributed by atoms with Crippen LogP contribution in [0.2, 0.25) is 0 Å². The Morgan fingerprint density at radius 2 is 1.61 bits per heavy atom. The molecule has 4 nitrogen and oxygen atoms in total. The lowest BCUT2D eigenvalue weighted by atomic mass is 10.0. The summed E-state index contributed by atoms with van der Waals surface area (Å²) in [6.07, 6.45) is 0.143. The highest BCUT2D eigenvalue weighted by Gasteiger charge is 2.12. The van der Waals surface area contributed by atoms with Crippen molar-refractivity contribution in [3.8, 4) is 33.9 Å². The molecule has 0 bridgehead atoms. The fourth-order valence-corrected chi connectivity index (χ4v) is 3.06. The molecule has 2 N–H and O–H groups in total. The van der Waals surface area contributed by atoms with Crippen molar-refractivity contribution in [2.24, 2.45) is 0 Å². The van der Waals surface area contributed by atoms with E-state index in [1.807, 2.05) is 69.3 Å². The molecular formula is C24H28N2O2. The minimum absolute atomic E-state index is 0.143. The van der Waals surface area contributed by atoms with Crippen LogP contribution >= 0.6 is 0 Å². The maximum absolute atomic E-state index is 10.4. The molecule has 0 fully saturated rings. The van der Waals surface area contributed by atoms with Gasteiger partial charge in [-0.2, -0.15) is 0 Å². The largest absolute Gasteiger partial charge is 0.507 e. The van der Waals surface area contributed by atoms with E-state index in [4.69, 9.17) is 9.72 Å². The molecule has 1 aromatic heterocycles. The van der Waals surface area contributed by atoms with E-state index in [1.165, 1.54) is 0 Å². The highest BCUT2D eigenvalue weighted by molar-refractivity contribution is 5.76. The molecule has 3 aromatic rings. The maximum Gasteiger partial charge on any atom is 0.127 e. The number of phenols is 1. The van der Waals surface area contributed by atoms with Crippen LogP contribution in [0.3, 0.4) is 0 Å². The van der Waals surface area contributed by atoms with Crippen LogP contribution in [0.5, 0.6) is 11.5 Å². The summed E-state index contributed by atoms with van der Waals surface area (Å²) in [6.45, 7) is 10.2. The van der Waals surface area contributed by atoms with E-state index in [0.29, 0.717) is 0 Å². The van der Waals surface area contributed by atoms with Crippen LogP contribution in [0.25, 0.3) is 22.4 Å². The summed E-state index contributed by atoms with van der Waals surface area (Å²) in [7, 11) is 0. The van der Waals surface area contributed by atoms with Crippen molar-refractivity contribution in [3.05, 3.63) is 60.2 Å². The summed E-state index contributed by atoms with van der Waals surface area (Å²) in [4.78, 5) is 4.73. The topological polar surface area (TPSA) is 54.4 Å². The lowest BCUT2D eigenvalue weighted by Gasteiger charge is -2.15. The molecule has 0 aliphatic heterocycles. The fraction of sp³-hybridized carbons (Fsp3) is 0.292. The maximum atomic E-state index is 10.4. The lowest BCUT2D eigenvalue weighted by Crippen LogP contribution is -2.11. The zero-order chi connectivity index (χ0) is 20.3. The first kappa shape index (κ1) is 19.7. The number of nitrogens with one attached hydrogen (secondary N) is 1. The molecule has 0 unspecified atom stereocenters. The van der Waals surface area contributed by atoms with Gasteiger partial charge in [-0.3, -0.25) is 0 Å². The summed E-state index contributed by atoms with van der Waals surface area (Å²) >= 11 is 0. The van der Waals surface area contributed by atoms with Crippen molar-refractivity contribution in [3.63, 3.8) is 0 Å². The van der Waals surface area contributed by atoms with E-state index >= 15 is 0 Å². The molecule has 0 aliphatic carbocycles. The van der Waals surface area contributed by atoms with Gasteiger partial charge in [0.2, 0.25) is 0 Å². The minimum Gasteiger partial charge on any atom is -0.507 e. The molecule has 1 heterocycles. The predicted octanol–water partition coefficient (Wildman–Crippen LogP) is 6.04. The van der Waals surface area contributed by atoms with Gasteiger partial charge in [-0.05, 0) is 82.1 Å². The van der Waals surface area contributed by atoms with Gasteiger partial charge in [0.25, 0.3) is 0 Å². The average molecular weight is 377 g/mol. The van der Waals surface area contributed by atoms with Gasteiger partial charge in [-0.25, -0.2) is 4.98 Å². The van der Waals surface area contributed by atoms with Crippen molar-refractivity contribution in [1.82, 2.24) is 4.98 Å². The summed E-state index contributed by atoms with van der Waals surface area (Å²) in [5.74, 6) is 1.86.